The standard InChI is InChI=1S/C11H10FN3S/c12-9-4-3-8(14-11(13)16)7-10(9)15-5-1-2-6-15/h1-7H,(H3,13,14,16). The third kappa shape index (κ3) is 2.20. The minimum absolute atomic E-state index is 0.157. The largest absolute Gasteiger partial charge is 0.376 e. The molecule has 1 heterocycles. The zero-order chi connectivity index (χ0) is 11.5. The van der Waals surface area contributed by atoms with E-state index in [-0.39, 0.29) is 10.9 Å². The number of hydrogen-bond donors (Lipinski definition) is 2. The lowest BCUT2D eigenvalue weighted by molar-refractivity contribution is 0.618. The topological polar surface area (TPSA) is 43.0 Å². The zero-order valence-corrected chi connectivity index (χ0v) is 9.17. The first kappa shape index (κ1) is 10.6. The van der Waals surface area contributed by atoms with E-state index < -0.39 is 0 Å². The Hall–Kier alpha value is -1.88. The van der Waals surface area contributed by atoms with Gasteiger partial charge in [-0.05, 0) is 42.5 Å². The van der Waals surface area contributed by atoms with E-state index in [1.54, 1.807) is 29.1 Å². The molecule has 3 nitrogen and oxygen atoms in total. The van der Waals surface area contributed by atoms with Gasteiger partial charge in [-0.15, -0.1) is 0 Å². The fourth-order valence-electron chi connectivity index (χ4n) is 1.43. The molecule has 16 heavy (non-hydrogen) atoms. The van der Waals surface area contributed by atoms with Crippen LogP contribution < -0.4 is 11.1 Å². The predicted molar refractivity (Wildman–Crippen MR) is 66.1 cm³/mol. The van der Waals surface area contributed by atoms with Gasteiger partial charge in [-0.25, -0.2) is 4.39 Å². The number of halogens is 1. The Morgan fingerprint density at radius 3 is 2.62 bits per heavy atom. The van der Waals surface area contributed by atoms with Crippen LogP contribution in [0.25, 0.3) is 5.69 Å². The van der Waals surface area contributed by atoms with Crippen LogP contribution in [0.5, 0.6) is 0 Å². The van der Waals surface area contributed by atoms with Gasteiger partial charge in [-0.2, -0.15) is 0 Å². The van der Waals surface area contributed by atoms with Gasteiger partial charge >= 0.3 is 0 Å². The lowest BCUT2D eigenvalue weighted by atomic mass is 10.2. The molecule has 0 saturated carbocycles. The lowest BCUT2D eigenvalue weighted by Gasteiger charge is -2.08. The van der Waals surface area contributed by atoms with Crippen molar-refractivity contribution in [1.82, 2.24) is 4.57 Å². The summed E-state index contributed by atoms with van der Waals surface area (Å²) in [6, 6.07) is 8.26. The number of rotatable bonds is 2. The summed E-state index contributed by atoms with van der Waals surface area (Å²) in [6.07, 6.45) is 3.53. The number of hydrogen-bond acceptors (Lipinski definition) is 1. The summed E-state index contributed by atoms with van der Waals surface area (Å²) in [5.41, 5.74) is 6.47. The number of nitrogens with two attached hydrogens (primary N) is 1. The highest BCUT2D eigenvalue weighted by Crippen LogP contribution is 2.18. The fraction of sp³-hybridized carbons (Fsp3) is 0. The highest BCUT2D eigenvalue weighted by atomic mass is 32.1. The van der Waals surface area contributed by atoms with E-state index in [1.807, 2.05) is 12.1 Å². The van der Waals surface area contributed by atoms with Gasteiger partial charge in [0.2, 0.25) is 0 Å². The number of aromatic nitrogens is 1. The first-order chi connectivity index (χ1) is 7.66. The van der Waals surface area contributed by atoms with Crippen LogP contribution in [-0.2, 0) is 0 Å². The van der Waals surface area contributed by atoms with Crippen LogP contribution in [0.4, 0.5) is 10.1 Å². The molecule has 82 valence electrons. The molecule has 0 aliphatic rings. The van der Waals surface area contributed by atoms with Crippen molar-refractivity contribution in [3.8, 4) is 5.69 Å². The van der Waals surface area contributed by atoms with Gasteiger partial charge in [0.15, 0.2) is 5.11 Å². The first-order valence-corrected chi connectivity index (χ1v) is 5.07. The van der Waals surface area contributed by atoms with Crippen molar-refractivity contribution in [2.24, 2.45) is 5.73 Å². The van der Waals surface area contributed by atoms with Crippen LogP contribution in [-0.4, -0.2) is 9.68 Å². The van der Waals surface area contributed by atoms with Gasteiger partial charge < -0.3 is 15.6 Å². The van der Waals surface area contributed by atoms with Gasteiger partial charge in [0.1, 0.15) is 5.82 Å². The SMILES string of the molecule is NC(=S)Nc1ccc(F)c(-n2cccc2)c1. The van der Waals surface area contributed by atoms with Crippen molar-refractivity contribution in [3.63, 3.8) is 0 Å². The van der Waals surface area contributed by atoms with Crippen molar-refractivity contribution in [1.29, 1.82) is 0 Å². The molecular formula is C11H10FN3S. The summed E-state index contributed by atoms with van der Waals surface area (Å²) >= 11 is 4.72. The Kier molecular flexibility index (Phi) is 2.87. The minimum Gasteiger partial charge on any atom is -0.376 e. The highest BCUT2D eigenvalue weighted by Gasteiger charge is 2.05. The van der Waals surface area contributed by atoms with E-state index >= 15 is 0 Å². The maximum absolute atomic E-state index is 13.6. The van der Waals surface area contributed by atoms with E-state index in [0.29, 0.717) is 11.4 Å². The summed E-state index contributed by atoms with van der Waals surface area (Å²) in [4.78, 5) is 0. The van der Waals surface area contributed by atoms with E-state index in [9.17, 15) is 4.39 Å². The maximum Gasteiger partial charge on any atom is 0.168 e. The Bertz CT molecular complexity index is 508. The highest BCUT2D eigenvalue weighted by molar-refractivity contribution is 7.80. The quantitative estimate of drug-likeness (QED) is 0.785. The molecule has 3 N–H and O–H groups in total. The van der Waals surface area contributed by atoms with Crippen molar-refractivity contribution >= 4 is 23.0 Å². The predicted octanol–water partition coefficient (Wildman–Crippen LogP) is 2.27. The average molecular weight is 235 g/mol. The number of thiocarbonyl (C=S) groups is 1. The lowest BCUT2D eigenvalue weighted by Crippen LogP contribution is -2.19. The Balaban J connectivity index is 2.41. The van der Waals surface area contributed by atoms with Gasteiger partial charge in [0, 0.05) is 18.1 Å². The molecule has 2 rings (SSSR count). The smallest absolute Gasteiger partial charge is 0.168 e. The molecule has 0 amide bonds. The number of benzene rings is 1. The monoisotopic (exact) mass is 235 g/mol. The van der Waals surface area contributed by atoms with Crippen LogP contribution >= 0.6 is 12.2 Å². The molecule has 0 spiro atoms. The van der Waals surface area contributed by atoms with Crippen molar-refractivity contribution < 1.29 is 4.39 Å². The molecular weight excluding hydrogens is 225 g/mol. The van der Waals surface area contributed by atoms with E-state index in [1.165, 1.54) is 6.07 Å². The Morgan fingerprint density at radius 2 is 2.00 bits per heavy atom. The van der Waals surface area contributed by atoms with Gasteiger partial charge in [-0.3, -0.25) is 0 Å². The summed E-state index contributed by atoms with van der Waals surface area (Å²) in [5.74, 6) is -0.301. The fourth-order valence-corrected chi connectivity index (χ4v) is 1.54. The number of nitrogens with one attached hydrogen (secondary N) is 1. The second kappa shape index (κ2) is 4.32. The van der Waals surface area contributed by atoms with Gasteiger partial charge in [-0.1, -0.05) is 0 Å². The van der Waals surface area contributed by atoms with Crippen LogP contribution in [0.15, 0.2) is 42.7 Å². The molecule has 0 fully saturated rings. The van der Waals surface area contributed by atoms with Crippen LogP contribution in [0.3, 0.4) is 0 Å². The summed E-state index contributed by atoms with van der Waals surface area (Å²) < 4.78 is 15.2. The Labute approximate surface area is 97.7 Å². The maximum atomic E-state index is 13.6. The van der Waals surface area contributed by atoms with Crippen molar-refractivity contribution in [2.45, 2.75) is 0 Å². The van der Waals surface area contributed by atoms with Gasteiger partial charge in [0.25, 0.3) is 0 Å². The molecule has 0 atom stereocenters. The average Bonchev–Trinajstić information content (AvgIpc) is 2.73. The molecule has 5 heteroatoms. The third-order valence-electron chi connectivity index (χ3n) is 2.10. The molecule has 1 aromatic carbocycles. The van der Waals surface area contributed by atoms with Crippen LogP contribution in [0, 0.1) is 5.82 Å². The van der Waals surface area contributed by atoms with Crippen LogP contribution in [0.2, 0.25) is 0 Å². The molecule has 0 bridgehead atoms. The number of nitrogens with zero attached hydrogens (tertiary/aromatic N) is 1. The van der Waals surface area contributed by atoms with E-state index in [2.05, 4.69) is 5.32 Å². The molecule has 0 aliphatic heterocycles. The second-order valence-electron chi connectivity index (χ2n) is 3.25. The van der Waals surface area contributed by atoms with E-state index in [0.717, 1.165) is 0 Å². The Morgan fingerprint density at radius 1 is 1.31 bits per heavy atom. The molecule has 0 aliphatic carbocycles. The third-order valence-corrected chi connectivity index (χ3v) is 2.20. The minimum atomic E-state index is -0.301. The molecule has 0 unspecified atom stereocenters. The molecule has 2 aromatic rings. The zero-order valence-electron chi connectivity index (χ0n) is 8.35. The van der Waals surface area contributed by atoms with E-state index in [4.69, 9.17) is 18.0 Å². The molecule has 1 aromatic heterocycles. The first-order valence-electron chi connectivity index (χ1n) is 4.66. The molecule has 0 saturated heterocycles. The summed E-state index contributed by atoms with van der Waals surface area (Å²) in [6.45, 7) is 0. The van der Waals surface area contributed by atoms with Crippen molar-refractivity contribution in [3.05, 3.63) is 48.5 Å². The molecule has 0 radical (unpaired) electrons. The normalized spacial score (nSPS) is 10.1. The van der Waals surface area contributed by atoms with Crippen molar-refractivity contribution in [2.75, 3.05) is 5.32 Å². The van der Waals surface area contributed by atoms with Crippen LogP contribution in [0.1, 0.15) is 0 Å². The summed E-state index contributed by atoms with van der Waals surface area (Å²) in [5, 5.41) is 2.92. The second-order valence-corrected chi connectivity index (χ2v) is 3.69. The summed E-state index contributed by atoms with van der Waals surface area (Å²) in [7, 11) is 0. The van der Waals surface area contributed by atoms with Gasteiger partial charge in [0.05, 0.1) is 5.69 Å². The number of anilines is 1.